The second kappa shape index (κ2) is 10.2. The summed E-state index contributed by atoms with van der Waals surface area (Å²) in [5, 5.41) is 14.2. The molecule has 1 saturated heterocycles. The van der Waals surface area contributed by atoms with Crippen molar-refractivity contribution in [2.45, 2.75) is 0 Å². The molecule has 0 atom stereocenters. The van der Waals surface area contributed by atoms with Crippen LogP contribution >= 0.6 is 0 Å². The topological polar surface area (TPSA) is 129 Å². The van der Waals surface area contributed by atoms with Gasteiger partial charge in [0.05, 0.1) is 43.6 Å². The highest BCUT2D eigenvalue weighted by molar-refractivity contribution is 6.09. The minimum Gasteiger partial charge on any atom is -0.493 e. The maximum absolute atomic E-state index is 13.3. The molecular formula is C26H24N4O7. The number of anilines is 2. The fourth-order valence-electron chi connectivity index (χ4n) is 4.20. The van der Waals surface area contributed by atoms with Crippen LogP contribution in [0, 0.1) is 10.1 Å². The number of hydrogen-bond donors (Lipinski definition) is 1. The van der Waals surface area contributed by atoms with Crippen LogP contribution in [-0.2, 0) is 4.74 Å². The van der Waals surface area contributed by atoms with Gasteiger partial charge in [-0.25, -0.2) is 4.98 Å². The van der Waals surface area contributed by atoms with Crippen molar-refractivity contribution in [3.05, 3.63) is 70.3 Å². The zero-order chi connectivity index (χ0) is 25.9. The first-order valence-corrected chi connectivity index (χ1v) is 11.5. The SMILES string of the molecule is COc1ccc(-c2nc3cc(NC(=O)c4cc([N+](=O)[O-])ccc4N4CCOCC4)ccc3o2)cc1OC. The lowest BCUT2D eigenvalue weighted by atomic mass is 10.1. The number of aromatic nitrogens is 1. The van der Waals surface area contributed by atoms with Crippen LogP contribution in [0.4, 0.5) is 17.1 Å². The predicted octanol–water partition coefficient (Wildman–Crippen LogP) is 4.51. The summed E-state index contributed by atoms with van der Waals surface area (Å²) in [7, 11) is 3.11. The first-order chi connectivity index (χ1) is 18.0. The maximum Gasteiger partial charge on any atom is 0.270 e. The Morgan fingerprint density at radius 1 is 1.03 bits per heavy atom. The van der Waals surface area contributed by atoms with E-state index in [9.17, 15) is 14.9 Å². The van der Waals surface area contributed by atoms with Gasteiger partial charge in [0, 0.05) is 36.5 Å². The molecule has 190 valence electrons. The summed E-state index contributed by atoms with van der Waals surface area (Å²) < 4.78 is 21.9. The lowest BCUT2D eigenvalue weighted by Crippen LogP contribution is -2.37. The third-order valence-corrected chi connectivity index (χ3v) is 6.06. The molecule has 4 aromatic rings. The highest BCUT2D eigenvalue weighted by Crippen LogP contribution is 2.34. The molecule has 11 heteroatoms. The Hall–Kier alpha value is -4.64. The number of nitrogens with zero attached hydrogens (tertiary/aromatic N) is 3. The van der Waals surface area contributed by atoms with E-state index in [4.69, 9.17) is 18.6 Å². The molecule has 1 aliphatic heterocycles. The quantitative estimate of drug-likeness (QED) is 0.285. The number of methoxy groups -OCH3 is 2. The largest absolute Gasteiger partial charge is 0.493 e. The monoisotopic (exact) mass is 504 g/mol. The van der Waals surface area contributed by atoms with Gasteiger partial charge < -0.3 is 28.8 Å². The third kappa shape index (κ3) is 4.89. The summed E-state index contributed by atoms with van der Waals surface area (Å²) in [6.45, 7) is 2.20. The number of oxazole rings is 1. The van der Waals surface area contributed by atoms with E-state index in [1.54, 1.807) is 50.6 Å². The van der Waals surface area contributed by atoms with Crippen LogP contribution in [0.15, 0.2) is 59.0 Å². The average Bonchev–Trinajstić information content (AvgIpc) is 3.36. The van der Waals surface area contributed by atoms with Gasteiger partial charge in [-0.2, -0.15) is 0 Å². The van der Waals surface area contributed by atoms with E-state index < -0.39 is 10.8 Å². The summed E-state index contributed by atoms with van der Waals surface area (Å²) >= 11 is 0. The Kier molecular flexibility index (Phi) is 6.60. The Labute approximate surface area is 211 Å². The lowest BCUT2D eigenvalue weighted by molar-refractivity contribution is -0.384. The van der Waals surface area contributed by atoms with Crippen LogP contribution in [0.1, 0.15) is 10.4 Å². The van der Waals surface area contributed by atoms with Crippen molar-refractivity contribution in [2.75, 3.05) is 50.7 Å². The molecule has 1 amide bonds. The standard InChI is InChI=1S/C26H24N4O7/c1-34-23-7-3-16(13-24(23)35-2)26-28-20-14-17(4-8-22(20)37-26)27-25(31)19-15-18(30(32)33)5-6-21(19)29-9-11-36-12-10-29/h3-8,13-15H,9-12H2,1-2H3,(H,27,31). The average molecular weight is 504 g/mol. The van der Waals surface area contributed by atoms with Crippen LogP contribution in [0.25, 0.3) is 22.6 Å². The maximum atomic E-state index is 13.3. The summed E-state index contributed by atoms with van der Waals surface area (Å²) in [6.07, 6.45) is 0. The summed E-state index contributed by atoms with van der Waals surface area (Å²) in [6, 6.07) is 14.7. The number of ether oxygens (including phenoxy) is 3. The first-order valence-electron chi connectivity index (χ1n) is 11.5. The fraction of sp³-hybridized carbons (Fsp3) is 0.231. The smallest absolute Gasteiger partial charge is 0.270 e. The zero-order valence-electron chi connectivity index (χ0n) is 20.2. The van der Waals surface area contributed by atoms with Crippen LogP contribution in [0.5, 0.6) is 11.5 Å². The van der Waals surface area contributed by atoms with E-state index in [1.807, 2.05) is 11.0 Å². The van der Waals surface area contributed by atoms with Gasteiger partial charge in [-0.1, -0.05) is 0 Å². The van der Waals surface area contributed by atoms with Gasteiger partial charge in [-0.3, -0.25) is 14.9 Å². The molecular weight excluding hydrogens is 480 g/mol. The summed E-state index contributed by atoms with van der Waals surface area (Å²) in [5.74, 6) is 1.05. The number of carbonyl (C=O) groups excluding carboxylic acids is 1. The highest BCUT2D eigenvalue weighted by Gasteiger charge is 2.22. The molecule has 0 unspecified atom stereocenters. The van der Waals surface area contributed by atoms with Crippen molar-refractivity contribution in [1.29, 1.82) is 0 Å². The number of hydrogen-bond acceptors (Lipinski definition) is 9. The number of amides is 1. The molecule has 0 saturated carbocycles. The van der Waals surface area contributed by atoms with Crippen molar-refractivity contribution in [2.24, 2.45) is 0 Å². The lowest BCUT2D eigenvalue weighted by Gasteiger charge is -2.30. The second-order valence-corrected chi connectivity index (χ2v) is 8.28. The minimum absolute atomic E-state index is 0.159. The van der Waals surface area contributed by atoms with Crippen LogP contribution in [0.2, 0.25) is 0 Å². The molecule has 1 N–H and O–H groups in total. The van der Waals surface area contributed by atoms with Gasteiger partial charge in [0.25, 0.3) is 11.6 Å². The predicted molar refractivity (Wildman–Crippen MR) is 137 cm³/mol. The molecule has 0 bridgehead atoms. The molecule has 0 aliphatic carbocycles. The van der Waals surface area contributed by atoms with Gasteiger partial charge in [-0.05, 0) is 42.5 Å². The van der Waals surface area contributed by atoms with Crippen LogP contribution in [-0.4, -0.2) is 56.3 Å². The number of non-ortho nitro benzene ring substituents is 1. The highest BCUT2D eigenvalue weighted by atomic mass is 16.6. The first kappa shape index (κ1) is 24.1. The molecule has 0 radical (unpaired) electrons. The molecule has 1 aliphatic rings. The van der Waals surface area contributed by atoms with Crippen LogP contribution in [0.3, 0.4) is 0 Å². The normalized spacial score (nSPS) is 13.4. The molecule has 1 aromatic heterocycles. The van der Waals surface area contributed by atoms with Gasteiger partial charge in [0.1, 0.15) is 5.52 Å². The zero-order valence-corrected chi connectivity index (χ0v) is 20.2. The number of nitro groups is 1. The fourth-order valence-corrected chi connectivity index (χ4v) is 4.20. The molecule has 11 nitrogen and oxygen atoms in total. The molecule has 2 heterocycles. The molecule has 37 heavy (non-hydrogen) atoms. The van der Waals surface area contributed by atoms with Gasteiger partial charge in [-0.15, -0.1) is 0 Å². The Balaban J connectivity index is 1.43. The summed E-state index contributed by atoms with van der Waals surface area (Å²) in [4.78, 5) is 30.7. The Morgan fingerprint density at radius 3 is 2.54 bits per heavy atom. The van der Waals surface area contributed by atoms with E-state index in [0.717, 1.165) is 0 Å². The summed E-state index contributed by atoms with van der Waals surface area (Å²) in [5.41, 5.74) is 2.91. The van der Waals surface area contributed by atoms with Gasteiger partial charge >= 0.3 is 0 Å². The number of rotatable bonds is 7. The van der Waals surface area contributed by atoms with Gasteiger partial charge in [0.2, 0.25) is 5.89 Å². The third-order valence-electron chi connectivity index (χ3n) is 6.06. The Bertz CT molecular complexity index is 1480. The number of carbonyl (C=O) groups is 1. The number of benzene rings is 3. The van der Waals surface area contributed by atoms with Crippen LogP contribution < -0.4 is 19.7 Å². The van der Waals surface area contributed by atoms with Crippen molar-refractivity contribution in [3.63, 3.8) is 0 Å². The number of nitro benzene ring substituents is 1. The van der Waals surface area contributed by atoms with E-state index in [0.29, 0.717) is 71.7 Å². The van der Waals surface area contributed by atoms with Crippen molar-refractivity contribution in [3.8, 4) is 23.0 Å². The van der Waals surface area contributed by atoms with E-state index in [-0.39, 0.29) is 11.3 Å². The molecule has 3 aromatic carbocycles. The second-order valence-electron chi connectivity index (χ2n) is 8.28. The molecule has 5 rings (SSSR count). The Morgan fingerprint density at radius 2 is 1.81 bits per heavy atom. The molecule has 0 spiro atoms. The van der Waals surface area contributed by atoms with E-state index >= 15 is 0 Å². The van der Waals surface area contributed by atoms with Gasteiger partial charge in [0.15, 0.2) is 17.1 Å². The van der Waals surface area contributed by atoms with E-state index in [1.165, 1.54) is 12.1 Å². The molecule has 1 fully saturated rings. The van der Waals surface area contributed by atoms with Crippen molar-refractivity contribution in [1.82, 2.24) is 4.98 Å². The van der Waals surface area contributed by atoms with Crippen molar-refractivity contribution >= 4 is 34.1 Å². The number of fused-ring (bicyclic) bond motifs is 1. The van der Waals surface area contributed by atoms with Crippen molar-refractivity contribution < 1.29 is 28.3 Å². The number of morpholine rings is 1. The van der Waals surface area contributed by atoms with E-state index in [2.05, 4.69) is 10.3 Å². The minimum atomic E-state index is -0.517. The number of nitrogens with one attached hydrogen (secondary N) is 1.